The average molecular weight is 1180 g/mol. The number of carbonyl (C=O) groups excluding carboxylic acids is 1. The number of hydrogen-bond donors (Lipinski definition) is 11. The van der Waals surface area contributed by atoms with E-state index in [0.29, 0.717) is 56.5 Å². The molecule has 4 aromatic rings. The molecule has 5 heterocycles. The lowest BCUT2D eigenvalue weighted by Crippen LogP contribution is -2.60. The maximum absolute atomic E-state index is 16.2. The van der Waals surface area contributed by atoms with Crippen LogP contribution in [0.25, 0.3) is 11.0 Å². The van der Waals surface area contributed by atoms with Crippen LogP contribution in [0.15, 0.2) is 122 Å². The molecule has 0 amide bonds. The Bertz CT molecular complexity index is 3790. The van der Waals surface area contributed by atoms with Gasteiger partial charge in [-0.25, -0.2) is 4.79 Å². The Balaban J connectivity index is 0.951. The number of dihydropyridines is 2. The molecule has 87 heavy (non-hydrogen) atoms. The molecule has 7 aliphatic carbocycles. The van der Waals surface area contributed by atoms with Gasteiger partial charge < -0.3 is 66.0 Å². The fourth-order valence-electron chi connectivity index (χ4n) is 20.1. The Morgan fingerprint density at radius 1 is 0.977 bits per heavy atom. The number of nitrogens with two attached hydrogens (primary N) is 1. The highest BCUT2D eigenvalue weighted by atomic mass is 16.6. The highest BCUT2D eigenvalue weighted by molar-refractivity contribution is 5.93. The van der Waals surface area contributed by atoms with Gasteiger partial charge in [0.15, 0.2) is 5.43 Å². The molecule has 4 aliphatic heterocycles. The van der Waals surface area contributed by atoms with Crippen molar-refractivity contribution in [1.82, 2.24) is 16.0 Å². The highest BCUT2D eigenvalue weighted by Crippen LogP contribution is 2.67. The van der Waals surface area contributed by atoms with E-state index in [4.69, 9.17) is 19.6 Å². The van der Waals surface area contributed by atoms with Gasteiger partial charge in [0.25, 0.3) is 0 Å². The monoisotopic (exact) mass is 1180 g/mol. The number of ether oxygens (including phenoxy) is 2. The number of esters is 1. The van der Waals surface area contributed by atoms with Crippen LogP contribution in [0.2, 0.25) is 0 Å². The van der Waals surface area contributed by atoms with Gasteiger partial charge in [0.05, 0.1) is 36.2 Å². The Hall–Kier alpha value is -6.66. The molecule has 12 N–H and O–H groups in total. The Kier molecular flexibility index (Phi) is 13.7. The number of aliphatic hydroxyl groups is 5. The van der Waals surface area contributed by atoms with Crippen molar-refractivity contribution in [2.75, 3.05) is 19.7 Å². The number of carbonyl (C=O) groups is 1. The van der Waals surface area contributed by atoms with Crippen molar-refractivity contribution in [2.45, 2.75) is 170 Å². The summed E-state index contributed by atoms with van der Waals surface area (Å²) in [5.41, 5.74) is 13.1. The van der Waals surface area contributed by atoms with Gasteiger partial charge in [-0.15, -0.1) is 0 Å². The summed E-state index contributed by atoms with van der Waals surface area (Å²) in [5, 5.41) is 94.8. The predicted octanol–water partition coefficient (Wildman–Crippen LogP) is 8.33. The SMILES string of the molecule is CC=C(C(=O)OC1Cc2c3c(c4oc(CO)cc(=O)c4c2O)C2C4=CCNC(N)=C4C(C4CCC5=CC(NCC)NC=C5CC4C1(C)O3)C1(CCCC1)Cc1ccc(O)cc1C2CO)C1(O)CC2CC1CC1c3c2cccc3C(O)C2CC(O)C=CC12. The van der Waals surface area contributed by atoms with Crippen LogP contribution < -0.4 is 31.8 Å². The number of nitrogens with one attached hydrogen (secondary N) is 3. The third kappa shape index (κ3) is 8.50. The molecule has 1 aromatic heterocycles. The van der Waals surface area contributed by atoms with E-state index in [1.807, 2.05) is 31.2 Å². The first-order chi connectivity index (χ1) is 42.0. The molecule has 16 unspecified atom stereocenters. The zero-order valence-corrected chi connectivity index (χ0v) is 49.9. The van der Waals surface area contributed by atoms with E-state index in [1.54, 1.807) is 25.1 Å². The van der Waals surface area contributed by atoms with Gasteiger partial charge in [-0.1, -0.05) is 68.3 Å². The van der Waals surface area contributed by atoms with Gasteiger partial charge in [0.2, 0.25) is 0 Å². The maximum atomic E-state index is 16.2. The molecule has 3 saturated carbocycles. The van der Waals surface area contributed by atoms with Crippen molar-refractivity contribution in [3.8, 4) is 17.2 Å². The van der Waals surface area contributed by atoms with Crippen LogP contribution in [0, 0.1) is 40.9 Å². The van der Waals surface area contributed by atoms with Gasteiger partial charge >= 0.3 is 5.97 Å². The molecular formula is C71H82N4O12. The van der Waals surface area contributed by atoms with Crippen LogP contribution in [0.4, 0.5) is 0 Å². The highest BCUT2D eigenvalue weighted by Gasteiger charge is 2.63. The minimum absolute atomic E-state index is 0.0135. The normalized spacial score (nSPS) is 35.8. The minimum Gasteiger partial charge on any atom is -0.508 e. The first-order valence-electron chi connectivity index (χ1n) is 32.2. The van der Waals surface area contributed by atoms with Crippen molar-refractivity contribution in [3.05, 3.63) is 168 Å². The number of hydrogen-bond acceptors (Lipinski definition) is 16. The third-order valence-corrected chi connectivity index (χ3v) is 23.7. The van der Waals surface area contributed by atoms with Crippen molar-refractivity contribution in [1.29, 1.82) is 0 Å². The van der Waals surface area contributed by atoms with Gasteiger partial charge in [0.1, 0.15) is 58.1 Å². The lowest BCUT2D eigenvalue weighted by atomic mass is 9.54. The van der Waals surface area contributed by atoms with E-state index < -0.39 is 83.0 Å². The van der Waals surface area contributed by atoms with E-state index in [1.165, 1.54) is 11.6 Å². The van der Waals surface area contributed by atoms with E-state index in [-0.39, 0.29) is 99.8 Å². The average Bonchev–Trinajstić information content (AvgIpc) is 1.69. The number of allylic oxidation sites excluding steroid dienone is 6. The van der Waals surface area contributed by atoms with Crippen LogP contribution in [-0.2, 0) is 29.0 Å². The molecule has 6 bridgehead atoms. The first-order valence-corrected chi connectivity index (χ1v) is 32.2. The summed E-state index contributed by atoms with van der Waals surface area (Å²) in [6, 6.07) is 12.8. The molecular weight excluding hydrogens is 1100 g/mol. The number of aromatic hydroxyl groups is 2. The van der Waals surface area contributed by atoms with Crippen molar-refractivity contribution >= 4 is 16.9 Å². The van der Waals surface area contributed by atoms with Gasteiger partial charge in [-0.3, -0.25) is 10.1 Å². The standard InChI is InChI=1S/C71H82N4O12/c1-4-52(71(84)30-36-21-38(71)24-48-43-16-14-40(79)26-49(43)63(81)46-10-8-9-42(36)57(46)48)68(83)86-55-28-50-64(82)60-54(80)27-41(32-76)85-66(60)61-58-45-17-20-74-67(72)59(45)62(70(18-6-7-19-70)29-35-11-13-39(78)25-47(35)51(58)33-77)44-15-12-34-23-56(73-5-2)75-31-37(34)22-53(44)69(55,3)87-65(50)61/h4,8-11,13-14,16-17,23,25,27,31,36,38,40,43-44,48-49,51,53,55-56,58,62-63,73-79,81-82,84H,5-7,12,15,18-22,24,26,28-30,32-33,72H2,1-3H3. The fourth-order valence-corrected chi connectivity index (χ4v) is 20.1. The Morgan fingerprint density at radius 2 is 1.79 bits per heavy atom. The van der Waals surface area contributed by atoms with Crippen LogP contribution in [-0.4, -0.2) is 91.0 Å². The van der Waals surface area contributed by atoms with E-state index in [0.717, 1.165) is 83.2 Å². The zero-order valence-electron chi connectivity index (χ0n) is 49.9. The summed E-state index contributed by atoms with van der Waals surface area (Å²) in [4.78, 5) is 31.0. The smallest absolute Gasteiger partial charge is 0.337 e. The zero-order chi connectivity index (χ0) is 60.2. The third-order valence-electron chi connectivity index (χ3n) is 23.7. The number of phenols is 2. The molecule has 11 aliphatic rings. The number of benzene rings is 3. The number of fused-ring (bicyclic) bond motifs is 15. The van der Waals surface area contributed by atoms with E-state index in [2.05, 4.69) is 53.4 Å². The van der Waals surface area contributed by atoms with Gasteiger partial charge in [0, 0.05) is 54.1 Å². The molecule has 1 spiro atoms. The second-order valence-corrected chi connectivity index (χ2v) is 27.7. The molecule has 0 radical (unpaired) electrons. The summed E-state index contributed by atoms with van der Waals surface area (Å²) in [7, 11) is 0. The van der Waals surface area contributed by atoms with Crippen LogP contribution in [0.3, 0.4) is 0 Å². The van der Waals surface area contributed by atoms with Crippen molar-refractivity contribution in [3.63, 3.8) is 0 Å². The van der Waals surface area contributed by atoms with Crippen LogP contribution in [0.1, 0.15) is 166 Å². The summed E-state index contributed by atoms with van der Waals surface area (Å²) >= 11 is 0. The molecule has 16 nitrogen and oxygen atoms in total. The number of phenolic OH excluding ortho intramolecular Hbond substituents is 2. The second kappa shape index (κ2) is 21.0. The summed E-state index contributed by atoms with van der Waals surface area (Å²) < 4.78 is 22.0. The largest absolute Gasteiger partial charge is 0.508 e. The van der Waals surface area contributed by atoms with Crippen LogP contribution in [0.5, 0.6) is 17.2 Å². The second-order valence-electron chi connectivity index (χ2n) is 27.7. The molecule has 3 fully saturated rings. The minimum atomic E-state index is -1.63. The number of rotatable bonds is 7. The summed E-state index contributed by atoms with van der Waals surface area (Å²) in [6.07, 6.45) is 17.3. The number of aliphatic hydroxyl groups excluding tert-OH is 4. The van der Waals surface area contributed by atoms with E-state index in [9.17, 15) is 40.5 Å². The molecule has 16 heteroatoms. The molecule has 16 atom stereocenters. The van der Waals surface area contributed by atoms with Crippen LogP contribution >= 0.6 is 0 Å². The fraction of sp³-hybridized carbons (Fsp3) is 0.521. The molecule has 458 valence electrons. The lowest BCUT2D eigenvalue weighted by molar-refractivity contribution is -0.173. The van der Waals surface area contributed by atoms with E-state index >= 15 is 4.79 Å². The Morgan fingerprint density at radius 3 is 2.57 bits per heavy atom. The van der Waals surface area contributed by atoms with Gasteiger partial charge in [-0.2, -0.15) is 0 Å². The van der Waals surface area contributed by atoms with Crippen molar-refractivity contribution < 1.29 is 54.4 Å². The van der Waals surface area contributed by atoms with Crippen molar-refractivity contribution in [2.24, 2.45) is 46.7 Å². The first kappa shape index (κ1) is 56.8. The van der Waals surface area contributed by atoms with Gasteiger partial charge in [-0.05, 0) is 200 Å². The lowest BCUT2D eigenvalue weighted by Gasteiger charge is -2.55. The summed E-state index contributed by atoms with van der Waals surface area (Å²) in [6.45, 7) is 5.95. The molecule has 0 saturated heterocycles. The molecule has 3 aromatic carbocycles. The topological polar surface area (TPSA) is 269 Å². The maximum Gasteiger partial charge on any atom is 0.337 e. The quantitative estimate of drug-likeness (QED) is 0.0472. The Labute approximate surface area is 506 Å². The number of likely N-dealkylation sites (N-methyl/N-ethyl adjacent to an activating group) is 1. The molecule has 15 rings (SSSR count). The predicted molar refractivity (Wildman–Crippen MR) is 326 cm³/mol. The summed E-state index contributed by atoms with van der Waals surface area (Å²) in [5.74, 6) is -3.95.